The molecule has 0 fully saturated rings. The number of aliphatic imine (C=N–C) groups is 1. The lowest BCUT2D eigenvalue weighted by Gasteiger charge is -2.18. The summed E-state index contributed by atoms with van der Waals surface area (Å²) in [4.78, 5) is 4.29. The molecule has 0 spiro atoms. The smallest absolute Gasteiger partial charge is 0.0493 e. The normalized spacial score (nSPS) is 37.8. The van der Waals surface area contributed by atoms with Crippen LogP contribution >= 0.6 is 0 Å². The lowest BCUT2D eigenvalue weighted by atomic mass is 9.96. The van der Waals surface area contributed by atoms with Crippen LogP contribution in [0.2, 0.25) is 0 Å². The Hall–Kier alpha value is -0.330. The average Bonchev–Trinajstić information content (AvgIpc) is 1.77. The zero-order chi connectivity index (χ0) is 5.98. The lowest BCUT2D eigenvalue weighted by Crippen LogP contribution is -2.15. The van der Waals surface area contributed by atoms with Gasteiger partial charge in [-0.25, -0.2) is 0 Å². The van der Waals surface area contributed by atoms with Gasteiger partial charge in [-0.15, -0.1) is 0 Å². The fraction of sp³-hybridized carbons (Fsp3) is 0.857. The molecule has 1 rings (SSSR count). The van der Waals surface area contributed by atoms with Crippen molar-refractivity contribution < 1.29 is 0 Å². The van der Waals surface area contributed by atoms with Crippen LogP contribution in [0.25, 0.3) is 0 Å². The Kier molecular flexibility index (Phi) is 1.66. The van der Waals surface area contributed by atoms with Gasteiger partial charge in [-0.2, -0.15) is 0 Å². The summed E-state index contributed by atoms with van der Waals surface area (Å²) in [6.07, 6.45) is 4.56. The number of hydrogen-bond donors (Lipinski definition) is 0. The van der Waals surface area contributed by atoms with E-state index in [0.29, 0.717) is 6.04 Å². The molecule has 1 heterocycles. The summed E-state index contributed by atoms with van der Waals surface area (Å²) in [7, 11) is 0. The third-order valence-electron chi connectivity index (χ3n) is 1.92. The van der Waals surface area contributed by atoms with Crippen molar-refractivity contribution in [1.82, 2.24) is 0 Å². The van der Waals surface area contributed by atoms with E-state index in [0.717, 1.165) is 5.92 Å². The van der Waals surface area contributed by atoms with Crippen LogP contribution in [-0.2, 0) is 0 Å². The van der Waals surface area contributed by atoms with Crippen LogP contribution in [0.4, 0.5) is 0 Å². The van der Waals surface area contributed by atoms with E-state index in [9.17, 15) is 0 Å². The predicted octanol–water partition coefficient (Wildman–Crippen LogP) is 1.88. The molecule has 0 aliphatic carbocycles. The maximum atomic E-state index is 4.29. The van der Waals surface area contributed by atoms with Gasteiger partial charge in [0.1, 0.15) is 0 Å². The van der Waals surface area contributed by atoms with Gasteiger partial charge in [-0.1, -0.05) is 6.92 Å². The quantitative estimate of drug-likeness (QED) is 0.452. The first kappa shape index (κ1) is 5.80. The summed E-state index contributed by atoms with van der Waals surface area (Å²) in [5, 5.41) is 0. The first-order valence-electron chi connectivity index (χ1n) is 3.32. The molecular weight excluding hydrogens is 98.1 g/mol. The van der Waals surface area contributed by atoms with Crippen LogP contribution in [0.1, 0.15) is 26.7 Å². The van der Waals surface area contributed by atoms with Crippen LogP contribution in [0.3, 0.4) is 0 Å². The largest absolute Gasteiger partial charge is 0.294 e. The molecule has 1 aliphatic heterocycles. The molecule has 8 heavy (non-hydrogen) atoms. The SMILES string of the molecule is CC1CCC=NC1C. The Balaban J connectivity index is 2.47. The second-order valence-electron chi connectivity index (χ2n) is 2.63. The fourth-order valence-corrected chi connectivity index (χ4v) is 0.966. The molecule has 0 aromatic carbocycles. The van der Waals surface area contributed by atoms with Crippen molar-refractivity contribution in [2.45, 2.75) is 32.7 Å². The fourth-order valence-electron chi connectivity index (χ4n) is 0.966. The average molecular weight is 111 g/mol. The van der Waals surface area contributed by atoms with E-state index < -0.39 is 0 Å². The standard InChI is InChI=1S/C7H13N/c1-6-4-3-5-8-7(6)2/h5-7H,3-4H2,1-2H3. The van der Waals surface area contributed by atoms with Crippen molar-refractivity contribution in [3.05, 3.63) is 0 Å². The van der Waals surface area contributed by atoms with Gasteiger partial charge >= 0.3 is 0 Å². The van der Waals surface area contributed by atoms with E-state index in [1.165, 1.54) is 12.8 Å². The number of rotatable bonds is 0. The molecule has 0 amide bonds. The van der Waals surface area contributed by atoms with Crippen molar-refractivity contribution in [1.29, 1.82) is 0 Å². The molecule has 0 N–H and O–H groups in total. The molecule has 46 valence electrons. The minimum Gasteiger partial charge on any atom is -0.294 e. The molecule has 0 saturated carbocycles. The molecule has 0 aromatic heterocycles. The van der Waals surface area contributed by atoms with Crippen LogP contribution in [0.15, 0.2) is 4.99 Å². The summed E-state index contributed by atoms with van der Waals surface area (Å²) in [6, 6.07) is 0.573. The highest BCUT2D eigenvalue weighted by molar-refractivity contribution is 5.58. The molecule has 1 nitrogen and oxygen atoms in total. The molecule has 1 aliphatic rings. The number of hydrogen-bond acceptors (Lipinski definition) is 1. The lowest BCUT2D eigenvalue weighted by molar-refractivity contribution is 0.446. The Morgan fingerprint density at radius 2 is 2.25 bits per heavy atom. The van der Waals surface area contributed by atoms with Gasteiger partial charge in [0.2, 0.25) is 0 Å². The molecule has 0 aromatic rings. The zero-order valence-corrected chi connectivity index (χ0v) is 5.59. The van der Waals surface area contributed by atoms with Crippen molar-refractivity contribution in [2.75, 3.05) is 0 Å². The summed E-state index contributed by atoms with van der Waals surface area (Å²) in [5.74, 6) is 0.806. The highest BCUT2D eigenvalue weighted by atomic mass is 14.8. The van der Waals surface area contributed by atoms with Crippen LogP contribution < -0.4 is 0 Å². The highest BCUT2D eigenvalue weighted by Crippen LogP contribution is 2.16. The van der Waals surface area contributed by atoms with Gasteiger partial charge in [-0.3, -0.25) is 4.99 Å². The summed E-state index contributed by atoms with van der Waals surface area (Å²) < 4.78 is 0. The minimum atomic E-state index is 0.573. The van der Waals surface area contributed by atoms with Gasteiger partial charge in [0.25, 0.3) is 0 Å². The number of nitrogens with zero attached hydrogens (tertiary/aromatic N) is 1. The van der Waals surface area contributed by atoms with Crippen molar-refractivity contribution in [3.8, 4) is 0 Å². The first-order chi connectivity index (χ1) is 3.80. The summed E-state index contributed by atoms with van der Waals surface area (Å²) in [5.41, 5.74) is 0. The predicted molar refractivity (Wildman–Crippen MR) is 36.4 cm³/mol. The Labute approximate surface area is 50.8 Å². The van der Waals surface area contributed by atoms with E-state index in [2.05, 4.69) is 18.8 Å². The van der Waals surface area contributed by atoms with Crippen LogP contribution in [0.5, 0.6) is 0 Å². The topological polar surface area (TPSA) is 12.4 Å². The van der Waals surface area contributed by atoms with E-state index in [-0.39, 0.29) is 0 Å². The minimum absolute atomic E-state index is 0.573. The third-order valence-corrected chi connectivity index (χ3v) is 1.92. The van der Waals surface area contributed by atoms with Crippen LogP contribution in [0, 0.1) is 5.92 Å². The second kappa shape index (κ2) is 2.29. The first-order valence-corrected chi connectivity index (χ1v) is 3.32. The molecule has 0 radical (unpaired) electrons. The maximum Gasteiger partial charge on any atom is 0.0493 e. The molecule has 2 atom stereocenters. The van der Waals surface area contributed by atoms with Gasteiger partial charge in [-0.05, 0) is 31.9 Å². The molecule has 1 heteroatoms. The zero-order valence-electron chi connectivity index (χ0n) is 5.59. The van der Waals surface area contributed by atoms with Gasteiger partial charge < -0.3 is 0 Å². The highest BCUT2D eigenvalue weighted by Gasteiger charge is 2.11. The monoisotopic (exact) mass is 111 g/mol. The van der Waals surface area contributed by atoms with Crippen molar-refractivity contribution in [2.24, 2.45) is 10.9 Å². The Bertz CT molecular complexity index is 96.6. The van der Waals surface area contributed by atoms with Gasteiger partial charge in [0.15, 0.2) is 0 Å². The Morgan fingerprint density at radius 1 is 1.50 bits per heavy atom. The molecular formula is C7H13N. The molecule has 0 saturated heterocycles. The van der Waals surface area contributed by atoms with E-state index in [1.807, 2.05) is 6.21 Å². The van der Waals surface area contributed by atoms with Gasteiger partial charge in [0.05, 0.1) is 0 Å². The Morgan fingerprint density at radius 3 is 2.62 bits per heavy atom. The second-order valence-corrected chi connectivity index (χ2v) is 2.63. The van der Waals surface area contributed by atoms with Crippen molar-refractivity contribution >= 4 is 6.21 Å². The summed E-state index contributed by atoms with van der Waals surface area (Å²) >= 11 is 0. The van der Waals surface area contributed by atoms with Crippen LogP contribution in [-0.4, -0.2) is 12.3 Å². The van der Waals surface area contributed by atoms with E-state index >= 15 is 0 Å². The summed E-state index contributed by atoms with van der Waals surface area (Å²) in [6.45, 7) is 4.45. The van der Waals surface area contributed by atoms with Gasteiger partial charge in [0, 0.05) is 6.04 Å². The maximum absolute atomic E-state index is 4.29. The third kappa shape index (κ3) is 1.09. The molecule has 0 bridgehead atoms. The molecule has 2 unspecified atom stereocenters. The van der Waals surface area contributed by atoms with E-state index in [4.69, 9.17) is 0 Å². The van der Waals surface area contributed by atoms with Crippen molar-refractivity contribution in [3.63, 3.8) is 0 Å². The van der Waals surface area contributed by atoms with E-state index in [1.54, 1.807) is 0 Å².